The van der Waals surface area contributed by atoms with E-state index in [0.29, 0.717) is 13.1 Å². The summed E-state index contributed by atoms with van der Waals surface area (Å²) in [5.74, 6) is 0. The van der Waals surface area contributed by atoms with Crippen molar-refractivity contribution in [2.75, 3.05) is 6.16 Å². The van der Waals surface area contributed by atoms with Gasteiger partial charge in [-0.15, -0.1) is 6.58 Å². The molecule has 0 aliphatic carbocycles. The highest BCUT2D eigenvalue weighted by Gasteiger charge is 2.42. The maximum atomic E-state index is 3.80. The van der Waals surface area contributed by atoms with Gasteiger partial charge in [-0.05, 0) is 11.3 Å². The highest BCUT2D eigenvalue weighted by Crippen LogP contribution is 2.67. The molecule has 0 saturated carbocycles. The van der Waals surface area contributed by atoms with Gasteiger partial charge in [-0.2, -0.15) is 0 Å². The highest BCUT2D eigenvalue weighted by atomic mass is 31.1. The maximum absolute atomic E-state index is 3.80. The summed E-state index contributed by atoms with van der Waals surface area (Å²) in [5, 5.41) is 0.578. The zero-order chi connectivity index (χ0) is 7.07. The third-order valence-corrected chi connectivity index (χ3v) is 5.02. The minimum absolute atomic E-state index is 0.327. The molecule has 0 unspecified atom stereocenters. The van der Waals surface area contributed by atoms with E-state index in [9.17, 15) is 0 Å². The monoisotopic (exact) mass is 142 g/mol. The van der Waals surface area contributed by atoms with Crippen molar-refractivity contribution in [2.45, 2.75) is 31.6 Å². The molecule has 1 fully saturated rings. The Kier molecular flexibility index (Phi) is 1.69. The van der Waals surface area contributed by atoms with Crippen molar-refractivity contribution in [3.63, 3.8) is 0 Å². The fraction of sp³-hybridized carbons (Fsp3) is 0.750. The molecule has 1 aliphatic rings. The molecule has 52 valence electrons. The van der Waals surface area contributed by atoms with Crippen LogP contribution in [0.25, 0.3) is 0 Å². The van der Waals surface area contributed by atoms with Crippen LogP contribution >= 0.6 is 7.92 Å². The summed E-state index contributed by atoms with van der Waals surface area (Å²) in [4.78, 5) is 0. The molecule has 9 heavy (non-hydrogen) atoms. The standard InChI is InChI=1S/C8H15P/c1-5-7-6-9(7)8(2,3)4/h5,7H,1,6H2,2-4H3/t7-,9-/m0/s1. The van der Waals surface area contributed by atoms with E-state index in [1.807, 2.05) is 0 Å². The lowest BCUT2D eigenvalue weighted by Gasteiger charge is -2.17. The average molecular weight is 142 g/mol. The first-order valence-corrected chi connectivity index (χ1v) is 5.04. The Labute approximate surface area is 59.1 Å². The van der Waals surface area contributed by atoms with Gasteiger partial charge >= 0.3 is 0 Å². The van der Waals surface area contributed by atoms with Gasteiger partial charge in [0, 0.05) is 5.66 Å². The molecule has 0 aromatic rings. The van der Waals surface area contributed by atoms with Crippen LogP contribution in [0.15, 0.2) is 12.7 Å². The normalized spacial score (nSPS) is 34.1. The predicted octanol–water partition coefficient (Wildman–Crippen LogP) is 2.84. The Morgan fingerprint density at radius 3 is 2.22 bits per heavy atom. The fourth-order valence-electron chi connectivity index (χ4n) is 1.13. The van der Waals surface area contributed by atoms with Crippen LogP contribution in [0.3, 0.4) is 0 Å². The number of hydrogen-bond acceptors (Lipinski definition) is 0. The highest BCUT2D eigenvalue weighted by molar-refractivity contribution is 7.68. The zero-order valence-electron chi connectivity index (χ0n) is 6.52. The summed E-state index contributed by atoms with van der Waals surface area (Å²) < 4.78 is 0. The molecule has 0 nitrogen and oxygen atoms in total. The lowest BCUT2D eigenvalue weighted by Crippen LogP contribution is -2.05. The molecule has 0 bridgehead atoms. The third-order valence-electron chi connectivity index (χ3n) is 1.78. The molecular formula is C8H15P. The molecule has 0 aromatic heterocycles. The van der Waals surface area contributed by atoms with Crippen molar-refractivity contribution >= 4 is 7.92 Å². The number of allylic oxidation sites excluding steroid dienone is 1. The molecule has 0 N–H and O–H groups in total. The van der Waals surface area contributed by atoms with Crippen LogP contribution < -0.4 is 0 Å². The van der Waals surface area contributed by atoms with Gasteiger partial charge in [-0.1, -0.05) is 34.8 Å². The Bertz CT molecular complexity index is 121. The van der Waals surface area contributed by atoms with Crippen molar-refractivity contribution in [2.24, 2.45) is 0 Å². The van der Waals surface area contributed by atoms with Gasteiger partial charge in [-0.3, -0.25) is 0 Å². The minimum Gasteiger partial charge on any atom is -0.102 e. The van der Waals surface area contributed by atoms with Crippen molar-refractivity contribution in [3.8, 4) is 0 Å². The van der Waals surface area contributed by atoms with E-state index in [0.717, 1.165) is 5.66 Å². The van der Waals surface area contributed by atoms with Gasteiger partial charge in [0.15, 0.2) is 0 Å². The Morgan fingerprint density at radius 1 is 1.56 bits per heavy atom. The summed E-state index contributed by atoms with van der Waals surface area (Å²) in [5.41, 5.74) is 0.889. The summed E-state index contributed by atoms with van der Waals surface area (Å²) in [6.45, 7) is 10.8. The molecule has 1 rings (SSSR count). The molecule has 1 heteroatoms. The van der Waals surface area contributed by atoms with E-state index in [1.165, 1.54) is 6.16 Å². The Balaban J connectivity index is 2.42. The van der Waals surface area contributed by atoms with Crippen molar-refractivity contribution in [1.29, 1.82) is 0 Å². The van der Waals surface area contributed by atoms with E-state index in [2.05, 4.69) is 33.4 Å². The lowest BCUT2D eigenvalue weighted by molar-refractivity contribution is 0.793. The van der Waals surface area contributed by atoms with E-state index in [1.54, 1.807) is 0 Å². The molecule has 0 amide bonds. The van der Waals surface area contributed by atoms with Gasteiger partial charge in [-0.25, -0.2) is 0 Å². The Morgan fingerprint density at radius 2 is 2.11 bits per heavy atom. The second-order valence-electron chi connectivity index (χ2n) is 3.63. The first-order valence-electron chi connectivity index (χ1n) is 3.45. The van der Waals surface area contributed by atoms with Gasteiger partial charge < -0.3 is 0 Å². The average Bonchev–Trinajstić information content (AvgIpc) is 2.39. The van der Waals surface area contributed by atoms with Crippen molar-refractivity contribution in [3.05, 3.63) is 12.7 Å². The molecule has 0 spiro atoms. The summed E-state index contributed by atoms with van der Waals surface area (Å²) >= 11 is 0. The second-order valence-corrected chi connectivity index (χ2v) is 6.94. The molecule has 1 heterocycles. The van der Waals surface area contributed by atoms with Crippen LogP contribution in [0, 0.1) is 0 Å². The Hall–Kier alpha value is 0.170. The van der Waals surface area contributed by atoms with Gasteiger partial charge in [0.05, 0.1) is 0 Å². The smallest absolute Gasteiger partial charge is 0.00124 e. The van der Waals surface area contributed by atoms with E-state index >= 15 is 0 Å². The van der Waals surface area contributed by atoms with Gasteiger partial charge in [0.2, 0.25) is 0 Å². The quantitative estimate of drug-likeness (QED) is 0.390. The van der Waals surface area contributed by atoms with E-state index < -0.39 is 0 Å². The SMILES string of the molecule is C=C[C@H]1C[P@]1C(C)(C)C. The van der Waals surface area contributed by atoms with E-state index in [4.69, 9.17) is 0 Å². The topological polar surface area (TPSA) is 0 Å². The molecular weight excluding hydrogens is 127 g/mol. The second kappa shape index (κ2) is 2.09. The molecule has 1 saturated heterocycles. The fourth-order valence-corrected chi connectivity index (χ4v) is 3.63. The third kappa shape index (κ3) is 1.55. The van der Waals surface area contributed by atoms with Crippen LogP contribution in [0.1, 0.15) is 20.8 Å². The number of hydrogen-bond donors (Lipinski definition) is 0. The number of rotatable bonds is 1. The van der Waals surface area contributed by atoms with Crippen molar-refractivity contribution < 1.29 is 0 Å². The molecule has 0 radical (unpaired) electrons. The van der Waals surface area contributed by atoms with E-state index in [-0.39, 0.29) is 0 Å². The predicted molar refractivity (Wildman–Crippen MR) is 45.5 cm³/mol. The zero-order valence-corrected chi connectivity index (χ0v) is 7.41. The van der Waals surface area contributed by atoms with Crippen LogP contribution in [0.4, 0.5) is 0 Å². The minimum atomic E-state index is 0.327. The van der Waals surface area contributed by atoms with Crippen molar-refractivity contribution in [1.82, 2.24) is 0 Å². The van der Waals surface area contributed by atoms with Gasteiger partial charge in [0.25, 0.3) is 0 Å². The largest absolute Gasteiger partial charge is 0.102 e. The summed E-state index contributed by atoms with van der Waals surface area (Å²) in [6.07, 6.45) is 3.55. The first-order chi connectivity index (χ1) is 4.05. The first kappa shape index (κ1) is 7.28. The maximum Gasteiger partial charge on any atom is 0.00124 e. The molecule has 1 aliphatic heterocycles. The lowest BCUT2D eigenvalue weighted by atomic mass is 10.3. The molecule has 0 aromatic carbocycles. The van der Waals surface area contributed by atoms with Crippen LogP contribution in [-0.4, -0.2) is 17.0 Å². The van der Waals surface area contributed by atoms with Gasteiger partial charge in [0.1, 0.15) is 0 Å². The summed E-state index contributed by atoms with van der Waals surface area (Å²) in [7, 11) is 0.327. The van der Waals surface area contributed by atoms with Crippen LogP contribution in [-0.2, 0) is 0 Å². The molecule has 2 atom stereocenters. The summed E-state index contributed by atoms with van der Waals surface area (Å²) in [6, 6.07) is 0. The van der Waals surface area contributed by atoms with Crippen LogP contribution in [0.5, 0.6) is 0 Å². The van der Waals surface area contributed by atoms with Crippen LogP contribution in [0.2, 0.25) is 0 Å².